The largest absolute Gasteiger partial charge is 0.497 e. The van der Waals surface area contributed by atoms with Crippen LogP contribution in [0.1, 0.15) is 24.2 Å². The maximum atomic E-state index is 12.4. The van der Waals surface area contributed by atoms with Crippen molar-refractivity contribution in [3.63, 3.8) is 0 Å². The molecule has 2 N–H and O–H groups in total. The summed E-state index contributed by atoms with van der Waals surface area (Å²) in [6, 6.07) is 5.16. The van der Waals surface area contributed by atoms with Crippen LogP contribution in [0.4, 0.5) is 5.69 Å². The molecule has 18 heavy (non-hydrogen) atoms. The third-order valence-electron chi connectivity index (χ3n) is 2.70. The highest BCUT2D eigenvalue weighted by atomic mass is 16.5. The SMILES string of the molecule is C=CCN(C(=O)c1cc(OC)ccc1N)C(C)C. The Balaban J connectivity index is 3.11. The molecule has 0 unspecified atom stereocenters. The van der Waals surface area contributed by atoms with Crippen LogP contribution in [0.5, 0.6) is 5.75 Å². The van der Waals surface area contributed by atoms with E-state index in [0.29, 0.717) is 23.5 Å². The zero-order chi connectivity index (χ0) is 13.7. The molecule has 0 aliphatic heterocycles. The Kier molecular flexibility index (Phi) is 4.77. The monoisotopic (exact) mass is 248 g/mol. The maximum Gasteiger partial charge on any atom is 0.256 e. The lowest BCUT2D eigenvalue weighted by atomic mass is 10.1. The second kappa shape index (κ2) is 6.10. The lowest BCUT2D eigenvalue weighted by Gasteiger charge is -2.26. The maximum absolute atomic E-state index is 12.4. The van der Waals surface area contributed by atoms with Crippen molar-refractivity contribution in [1.29, 1.82) is 0 Å². The minimum atomic E-state index is -0.110. The number of ether oxygens (including phenoxy) is 1. The van der Waals surface area contributed by atoms with Gasteiger partial charge in [-0.25, -0.2) is 0 Å². The Morgan fingerprint density at radius 2 is 2.22 bits per heavy atom. The molecule has 0 aliphatic rings. The highest BCUT2D eigenvalue weighted by molar-refractivity contribution is 5.99. The fourth-order valence-corrected chi connectivity index (χ4v) is 1.67. The molecule has 4 nitrogen and oxygen atoms in total. The zero-order valence-corrected chi connectivity index (χ0v) is 11.1. The molecule has 0 bridgehead atoms. The second-order valence-corrected chi connectivity index (χ2v) is 4.29. The molecule has 0 aliphatic carbocycles. The third kappa shape index (κ3) is 3.03. The summed E-state index contributed by atoms with van der Waals surface area (Å²) in [5.41, 5.74) is 6.77. The first kappa shape index (κ1) is 14.1. The van der Waals surface area contributed by atoms with Gasteiger partial charge in [0.1, 0.15) is 5.75 Å². The van der Waals surface area contributed by atoms with E-state index in [1.807, 2.05) is 13.8 Å². The normalized spacial score (nSPS) is 10.2. The number of benzene rings is 1. The lowest BCUT2D eigenvalue weighted by Crippen LogP contribution is -2.37. The van der Waals surface area contributed by atoms with Crippen LogP contribution in [0.15, 0.2) is 30.9 Å². The van der Waals surface area contributed by atoms with Crippen LogP contribution in [0, 0.1) is 0 Å². The van der Waals surface area contributed by atoms with E-state index >= 15 is 0 Å². The van der Waals surface area contributed by atoms with Gasteiger partial charge in [0, 0.05) is 18.3 Å². The van der Waals surface area contributed by atoms with Crippen LogP contribution in [0.2, 0.25) is 0 Å². The molecule has 1 rings (SSSR count). The van der Waals surface area contributed by atoms with Gasteiger partial charge in [-0.2, -0.15) is 0 Å². The Labute approximate surface area is 108 Å². The molecular formula is C14H20N2O2. The zero-order valence-electron chi connectivity index (χ0n) is 11.1. The van der Waals surface area contributed by atoms with Crippen molar-refractivity contribution in [1.82, 2.24) is 4.90 Å². The van der Waals surface area contributed by atoms with Gasteiger partial charge in [0.15, 0.2) is 0 Å². The summed E-state index contributed by atoms with van der Waals surface area (Å²) >= 11 is 0. The predicted molar refractivity (Wildman–Crippen MR) is 73.8 cm³/mol. The summed E-state index contributed by atoms with van der Waals surface area (Å²) in [7, 11) is 1.56. The average Bonchev–Trinajstić information content (AvgIpc) is 2.35. The van der Waals surface area contributed by atoms with Gasteiger partial charge in [-0.1, -0.05) is 6.08 Å². The Hall–Kier alpha value is -1.97. The number of anilines is 1. The summed E-state index contributed by atoms with van der Waals surface area (Å²) in [6.45, 7) is 8.07. The molecule has 0 aromatic heterocycles. The Morgan fingerprint density at radius 3 is 2.72 bits per heavy atom. The molecule has 1 aromatic carbocycles. The topological polar surface area (TPSA) is 55.6 Å². The molecule has 98 valence electrons. The number of hydrogen-bond donors (Lipinski definition) is 1. The predicted octanol–water partition coefficient (Wildman–Crippen LogP) is 2.31. The molecule has 0 atom stereocenters. The van der Waals surface area contributed by atoms with Crippen LogP contribution >= 0.6 is 0 Å². The molecule has 0 saturated carbocycles. The van der Waals surface area contributed by atoms with E-state index < -0.39 is 0 Å². The van der Waals surface area contributed by atoms with Gasteiger partial charge < -0.3 is 15.4 Å². The number of amides is 1. The third-order valence-corrected chi connectivity index (χ3v) is 2.70. The van der Waals surface area contributed by atoms with Gasteiger partial charge >= 0.3 is 0 Å². The summed E-state index contributed by atoms with van der Waals surface area (Å²) < 4.78 is 5.11. The number of rotatable bonds is 5. The smallest absolute Gasteiger partial charge is 0.256 e. The number of nitrogen functional groups attached to an aromatic ring is 1. The van der Waals surface area contributed by atoms with Crippen molar-refractivity contribution in [2.75, 3.05) is 19.4 Å². The first-order chi connectivity index (χ1) is 8.51. The van der Waals surface area contributed by atoms with Crippen LogP contribution in [-0.4, -0.2) is 30.5 Å². The second-order valence-electron chi connectivity index (χ2n) is 4.29. The van der Waals surface area contributed by atoms with Crippen molar-refractivity contribution < 1.29 is 9.53 Å². The molecule has 0 heterocycles. The van der Waals surface area contributed by atoms with Gasteiger partial charge in [-0.3, -0.25) is 4.79 Å². The fraction of sp³-hybridized carbons (Fsp3) is 0.357. The highest BCUT2D eigenvalue weighted by Crippen LogP contribution is 2.21. The molecule has 0 spiro atoms. The van der Waals surface area contributed by atoms with Gasteiger partial charge in [0.05, 0.1) is 12.7 Å². The van der Waals surface area contributed by atoms with Crippen LogP contribution in [0.25, 0.3) is 0 Å². The first-order valence-corrected chi connectivity index (χ1v) is 5.86. The van der Waals surface area contributed by atoms with E-state index in [1.54, 1.807) is 36.3 Å². The van der Waals surface area contributed by atoms with E-state index in [-0.39, 0.29) is 11.9 Å². The lowest BCUT2D eigenvalue weighted by molar-refractivity contribution is 0.0729. The number of nitrogens with zero attached hydrogens (tertiary/aromatic N) is 1. The van der Waals surface area contributed by atoms with Crippen molar-refractivity contribution in [3.05, 3.63) is 36.4 Å². The summed E-state index contributed by atoms with van der Waals surface area (Å²) in [6.07, 6.45) is 1.70. The van der Waals surface area contributed by atoms with E-state index in [2.05, 4.69) is 6.58 Å². The number of nitrogens with two attached hydrogens (primary N) is 1. The fourth-order valence-electron chi connectivity index (χ4n) is 1.67. The number of carbonyl (C=O) groups excluding carboxylic acids is 1. The van der Waals surface area contributed by atoms with Crippen molar-refractivity contribution >= 4 is 11.6 Å². The Morgan fingerprint density at radius 1 is 1.56 bits per heavy atom. The first-order valence-electron chi connectivity index (χ1n) is 5.86. The van der Waals surface area contributed by atoms with Crippen molar-refractivity contribution in [2.45, 2.75) is 19.9 Å². The van der Waals surface area contributed by atoms with Crippen molar-refractivity contribution in [2.24, 2.45) is 0 Å². The quantitative estimate of drug-likeness (QED) is 0.642. The van der Waals surface area contributed by atoms with E-state index in [9.17, 15) is 4.79 Å². The molecule has 0 fully saturated rings. The van der Waals surface area contributed by atoms with Crippen molar-refractivity contribution in [3.8, 4) is 5.75 Å². The molecule has 4 heteroatoms. The highest BCUT2D eigenvalue weighted by Gasteiger charge is 2.20. The number of carbonyl (C=O) groups is 1. The minimum Gasteiger partial charge on any atom is -0.497 e. The van der Waals surface area contributed by atoms with E-state index in [1.165, 1.54) is 0 Å². The molecule has 0 radical (unpaired) electrons. The number of methoxy groups -OCH3 is 1. The van der Waals surface area contributed by atoms with Gasteiger partial charge in [0.2, 0.25) is 0 Å². The van der Waals surface area contributed by atoms with Crippen LogP contribution in [-0.2, 0) is 0 Å². The summed E-state index contributed by atoms with van der Waals surface area (Å²) in [4.78, 5) is 14.1. The molecule has 0 saturated heterocycles. The van der Waals surface area contributed by atoms with Gasteiger partial charge in [-0.15, -0.1) is 6.58 Å². The number of hydrogen-bond acceptors (Lipinski definition) is 3. The van der Waals surface area contributed by atoms with E-state index in [4.69, 9.17) is 10.5 Å². The summed E-state index contributed by atoms with van der Waals surface area (Å²) in [5, 5.41) is 0. The Bertz CT molecular complexity index is 441. The van der Waals surface area contributed by atoms with Crippen LogP contribution < -0.4 is 10.5 Å². The minimum absolute atomic E-state index is 0.0844. The average molecular weight is 248 g/mol. The molecule has 1 aromatic rings. The molecular weight excluding hydrogens is 228 g/mol. The standard InChI is InChI=1S/C14H20N2O2/c1-5-8-16(10(2)3)14(17)12-9-11(18-4)6-7-13(12)15/h5-7,9-10H,1,8,15H2,2-4H3. The van der Waals surface area contributed by atoms with E-state index in [0.717, 1.165) is 0 Å². The summed E-state index contributed by atoms with van der Waals surface area (Å²) in [5.74, 6) is 0.510. The molecule has 1 amide bonds. The van der Waals surface area contributed by atoms with Crippen LogP contribution in [0.3, 0.4) is 0 Å². The van der Waals surface area contributed by atoms with Gasteiger partial charge in [-0.05, 0) is 32.0 Å². The van der Waals surface area contributed by atoms with Gasteiger partial charge in [0.25, 0.3) is 5.91 Å².